The molecule has 0 atom stereocenters. The highest BCUT2D eigenvalue weighted by Gasteiger charge is 2.38. The Kier molecular flexibility index (Phi) is 4.31. The summed E-state index contributed by atoms with van der Waals surface area (Å²) in [6.45, 7) is 3.24. The van der Waals surface area contributed by atoms with Crippen LogP contribution in [-0.4, -0.2) is 22.4 Å². The fraction of sp³-hybridized carbons (Fsp3) is 0.235. The standard InChI is InChI=1S/C17H13F3N2O4/c1-3-25-16(24)10-4-6-11(7-5-10)22-15-13(9(2)8-12(23)26-15)14(21-22)17(18,19)20/h4-8H,3H2,1-2H3. The van der Waals surface area contributed by atoms with E-state index in [1.165, 1.54) is 31.2 Å². The molecule has 26 heavy (non-hydrogen) atoms. The van der Waals surface area contributed by atoms with Gasteiger partial charge in [0.25, 0.3) is 0 Å². The van der Waals surface area contributed by atoms with E-state index in [2.05, 4.69) is 5.10 Å². The molecular weight excluding hydrogens is 353 g/mol. The van der Waals surface area contributed by atoms with Crippen LogP contribution in [0, 0.1) is 6.92 Å². The largest absolute Gasteiger partial charge is 0.462 e. The number of rotatable bonds is 3. The summed E-state index contributed by atoms with van der Waals surface area (Å²) >= 11 is 0. The second kappa shape index (κ2) is 6.32. The third-order valence-corrected chi connectivity index (χ3v) is 3.66. The molecule has 0 unspecified atom stereocenters. The normalized spacial score (nSPS) is 11.7. The lowest BCUT2D eigenvalue weighted by molar-refractivity contribution is -0.140. The molecule has 0 bridgehead atoms. The van der Waals surface area contributed by atoms with Crippen LogP contribution in [0.4, 0.5) is 13.2 Å². The fourth-order valence-corrected chi connectivity index (χ4v) is 2.55. The van der Waals surface area contributed by atoms with Crippen molar-refractivity contribution in [3.63, 3.8) is 0 Å². The van der Waals surface area contributed by atoms with Gasteiger partial charge in [-0.15, -0.1) is 0 Å². The van der Waals surface area contributed by atoms with E-state index in [0.717, 1.165) is 10.7 Å². The van der Waals surface area contributed by atoms with Crippen LogP contribution in [0.25, 0.3) is 16.8 Å². The number of aryl methyl sites for hydroxylation is 1. The van der Waals surface area contributed by atoms with Gasteiger partial charge in [-0.2, -0.15) is 23.0 Å². The van der Waals surface area contributed by atoms with Crippen LogP contribution in [0.1, 0.15) is 28.5 Å². The SMILES string of the molecule is CCOC(=O)c1ccc(-n2nc(C(F)(F)F)c3c(C)cc(=O)oc32)cc1. The summed E-state index contributed by atoms with van der Waals surface area (Å²) in [6.07, 6.45) is -4.72. The molecule has 6 nitrogen and oxygen atoms in total. The Balaban J connectivity index is 2.19. The first kappa shape index (κ1) is 17.7. The van der Waals surface area contributed by atoms with E-state index in [0.29, 0.717) is 0 Å². The van der Waals surface area contributed by atoms with Gasteiger partial charge >= 0.3 is 17.8 Å². The molecule has 0 N–H and O–H groups in total. The molecule has 1 aromatic carbocycles. The molecule has 0 saturated heterocycles. The highest BCUT2D eigenvalue weighted by Crippen LogP contribution is 2.36. The van der Waals surface area contributed by atoms with Gasteiger partial charge in [-0.05, 0) is 43.7 Å². The summed E-state index contributed by atoms with van der Waals surface area (Å²) in [5.74, 6) is -0.553. The Labute approximate surface area is 144 Å². The molecule has 0 amide bonds. The predicted octanol–water partition coefficient (Wildman–Crippen LogP) is 3.48. The van der Waals surface area contributed by atoms with Crippen molar-refractivity contribution in [1.29, 1.82) is 0 Å². The number of carbonyl (C=O) groups excluding carboxylic acids is 1. The lowest BCUT2D eigenvalue weighted by Crippen LogP contribution is -2.08. The van der Waals surface area contributed by atoms with E-state index in [1.807, 2.05) is 0 Å². The van der Waals surface area contributed by atoms with Gasteiger partial charge in [0.2, 0.25) is 5.71 Å². The molecule has 3 rings (SSSR count). The van der Waals surface area contributed by atoms with Crippen LogP contribution in [0.5, 0.6) is 0 Å². The van der Waals surface area contributed by atoms with E-state index in [9.17, 15) is 22.8 Å². The van der Waals surface area contributed by atoms with Crippen molar-refractivity contribution < 1.29 is 27.1 Å². The maximum absolute atomic E-state index is 13.3. The number of hydrogen-bond acceptors (Lipinski definition) is 5. The topological polar surface area (TPSA) is 74.3 Å². The van der Waals surface area contributed by atoms with Gasteiger partial charge in [0.15, 0.2) is 5.69 Å². The average molecular weight is 366 g/mol. The number of ether oxygens (including phenoxy) is 1. The number of aromatic nitrogens is 2. The Morgan fingerprint density at radius 3 is 2.50 bits per heavy atom. The summed E-state index contributed by atoms with van der Waals surface area (Å²) in [7, 11) is 0. The zero-order valence-corrected chi connectivity index (χ0v) is 13.8. The molecule has 9 heteroatoms. The van der Waals surface area contributed by atoms with Crippen molar-refractivity contribution in [3.8, 4) is 5.69 Å². The van der Waals surface area contributed by atoms with Crippen LogP contribution in [0.15, 0.2) is 39.5 Å². The summed E-state index contributed by atoms with van der Waals surface area (Å²) in [6, 6.07) is 6.54. The molecule has 0 fully saturated rings. The maximum atomic E-state index is 13.3. The van der Waals surface area contributed by atoms with Crippen molar-refractivity contribution in [2.24, 2.45) is 0 Å². The van der Waals surface area contributed by atoms with Crippen molar-refractivity contribution >= 4 is 17.1 Å². The third kappa shape index (κ3) is 3.07. The molecule has 136 valence electrons. The summed E-state index contributed by atoms with van der Waals surface area (Å²) in [5, 5.41) is 3.30. The fourth-order valence-electron chi connectivity index (χ4n) is 2.55. The smallest absolute Gasteiger partial charge is 0.435 e. The van der Waals surface area contributed by atoms with Crippen molar-refractivity contribution in [3.05, 3.63) is 57.6 Å². The van der Waals surface area contributed by atoms with Gasteiger partial charge in [-0.25, -0.2) is 9.59 Å². The quantitative estimate of drug-likeness (QED) is 0.664. The van der Waals surface area contributed by atoms with Gasteiger partial charge in [-0.3, -0.25) is 0 Å². The van der Waals surface area contributed by atoms with E-state index in [4.69, 9.17) is 9.15 Å². The first-order valence-electron chi connectivity index (χ1n) is 7.60. The third-order valence-electron chi connectivity index (χ3n) is 3.66. The van der Waals surface area contributed by atoms with Gasteiger partial charge in [0.1, 0.15) is 0 Å². The first-order chi connectivity index (χ1) is 12.2. The molecule has 0 radical (unpaired) electrons. The number of benzene rings is 1. The Bertz CT molecular complexity index is 1030. The lowest BCUT2D eigenvalue weighted by atomic mass is 10.1. The summed E-state index contributed by atoms with van der Waals surface area (Å²) in [4.78, 5) is 23.3. The van der Waals surface area contributed by atoms with Crippen LogP contribution >= 0.6 is 0 Å². The molecule has 0 aliphatic carbocycles. The second-order valence-corrected chi connectivity index (χ2v) is 5.45. The van der Waals surface area contributed by atoms with Gasteiger partial charge < -0.3 is 9.15 Å². The van der Waals surface area contributed by atoms with Crippen LogP contribution in [0.3, 0.4) is 0 Å². The first-order valence-corrected chi connectivity index (χ1v) is 7.60. The summed E-state index contributed by atoms with van der Waals surface area (Å²) < 4.78 is 50.7. The monoisotopic (exact) mass is 366 g/mol. The molecule has 0 spiro atoms. The van der Waals surface area contributed by atoms with E-state index >= 15 is 0 Å². The molecular formula is C17H13F3N2O4. The van der Waals surface area contributed by atoms with E-state index in [-0.39, 0.29) is 34.5 Å². The van der Waals surface area contributed by atoms with Gasteiger partial charge in [0.05, 0.1) is 23.2 Å². The highest BCUT2D eigenvalue weighted by molar-refractivity contribution is 5.89. The molecule has 0 saturated carbocycles. The van der Waals surface area contributed by atoms with Crippen molar-refractivity contribution in [1.82, 2.24) is 9.78 Å². The highest BCUT2D eigenvalue weighted by atomic mass is 19.4. The molecule has 2 heterocycles. The number of alkyl halides is 3. The zero-order valence-electron chi connectivity index (χ0n) is 13.8. The van der Waals surface area contributed by atoms with E-state index < -0.39 is 23.5 Å². The maximum Gasteiger partial charge on any atom is 0.435 e. The lowest BCUT2D eigenvalue weighted by Gasteiger charge is -2.05. The number of nitrogens with zero attached hydrogens (tertiary/aromatic N) is 2. The number of esters is 1. The molecule has 3 aromatic rings. The van der Waals surface area contributed by atoms with Gasteiger partial charge in [0, 0.05) is 6.07 Å². The average Bonchev–Trinajstić information content (AvgIpc) is 2.95. The Morgan fingerprint density at radius 2 is 1.92 bits per heavy atom. The molecule has 2 aromatic heterocycles. The second-order valence-electron chi connectivity index (χ2n) is 5.45. The van der Waals surface area contributed by atoms with Crippen LogP contribution < -0.4 is 5.63 Å². The van der Waals surface area contributed by atoms with Crippen LogP contribution in [-0.2, 0) is 10.9 Å². The van der Waals surface area contributed by atoms with Gasteiger partial charge in [-0.1, -0.05) is 0 Å². The van der Waals surface area contributed by atoms with Crippen molar-refractivity contribution in [2.45, 2.75) is 20.0 Å². The zero-order chi connectivity index (χ0) is 19.1. The summed E-state index contributed by atoms with van der Waals surface area (Å²) in [5.41, 5.74) is -1.70. The number of hydrogen-bond donors (Lipinski definition) is 0. The van der Waals surface area contributed by atoms with Crippen LogP contribution in [0.2, 0.25) is 0 Å². The Morgan fingerprint density at radius 1 is 1.27 bits per heavy atom. The minimum absolute atomic E-state index is 0.109. The number of halogens is 3. The van der Waals surface area contributed by atoms with Crippen molar-refractivity contribution in [2.75, 3.05) is 6.61 Å². The predicted molar refractivity (Wildman–Crippen MR) is 85.3 cm³/mol. The molecule has 0 aliphatic heterocycles. The minimum Gasteiger partial charge on any atom is -0.462 e. The van der Waals surface area contributed by atoms with E-state index in [1.54, 1.807) is 6.92 Å². The minimum atomic E-state index is -4.72. The number of carbonyl (C=O) groups is 1. The number of fused-ring (bicyclic) bond motifs is 1. The Hall–Kier alpha value is -3.10. The molecule has 0 aliphatic rings.